The summed E-state index contributed by atoms with van der Waals surface area (Å²) in [5.41, 5.74) is 0.650. The quantitative estimate of drug-likeness (QED) is 0.879. The number of carboxylic acids is 1. The van der Waals surface area contributed by atoms with Crippen LogP contribution in [0, 0.1) is 6.92 Å². The van der Waals surface area contributed by atoms with Crippen molar-refractivity contribution in [2.45, 2.75) is 6.92 Å². The summed E-state index contributed by atoms with van der Waals surface area (Å²) < 4.78 is 24.4. The summed E-state index contributed by atoms with van der Waals surface area (Å²) in [7, 11) is -3.52. The van der Waals surface area contributed by atoms with Crippen LogP contribution in [0.25, 0.3) is 10.9 Å². The fourth-order valence-corrected chi connectivity index (χ4v) is 3.14. The van der Waals surface area contributed by atoms with Gasteiger partial charge >= 0.3 is 5.97 Å². The molecule has 0 saturated carbocycles. The molecule has 6 heteroatoms. The SMILES string of the molecule is Cc1c(C(=O)O)c2ccccc2n1S(C)(=O)=O. The Morgan fingerprint density at radius 1 is 1.29 bits per heavy atom. The van der Waals surface area contributed by atoms with E-state index in [1.165, 1.54) is 6.92 Å². The minimum absolute atomic E-state index is 0.0334. The summed E-state index contributed by atoms with van der Waals surface area (Å²) in [6.45, 7) is 1.49. The van der Waals surface area contributed by atoms with Gasteiger partial charge in [-0.15, -0.1) is 0 Å². The van der Waals surface area contributed by atoms with Crippen LogP contribution >= 0.6 is 0 Å². The number of hydrogen-bond donors (Lipinski definition) is 1. The number of hydrogen-bond acceptors (Lipinski definition) is 3. The maximum Gasteiger partial charge on any atom is 0.338 e. The number of carbonyl (C=O) groups is 1. The van der Waals surface area contributed by atoms with Crippen molar-refractivity contribution in [3.05, 3.63) is 35.5 Å². The van der Waals surface area contributed by atoms with Gasteiger partial charge in [0.15, 0.2) is 0 Å². The smallest absolute Gasteiger partial charge is 0.338 e. The number of aromatic nitrogens is 1. The number of para-hydroxylation sites is 1. The molecule has 0 aliphatic heterocycles. The van der Waals surface area contributed by atoms with E-state index in [2.05, 4.69) is 0 Å². The van der Waals surface area contributed by atoms with Crippen molar-refractivity contribution < 1.29 is 18.3 Å². The van der Waals surface area contributed by atoms with Gasteiger partial charge in [0, 0.05) is 11.1 Å². The zero-order valence-corrected chi connectivity index (χ0v) is 10.2. The Bertz CT molecular complexity index is 712. The Kier molecular flexibility index (Phi) is 2.46. The number of fused-ring (bicyclic) bond motifs is 1. The van der Waals surface area contributed by atoms with Crippen molar-refractivity contribution in [3.63, 3.8) is 0 Å². The van der Waals surface area contributed by atoms with Crippen molar-refractivity contribution in [1.82, 2.24) is 3.97 Å². The van der Waals surface area contributed by atoms with E-state index in [4.69, 9.17) is 5.11 Å². The Balaban J connectivity index is 3.05. The van der Waals surface area contributed by atoms with E-state index in [9.17, 15) is 13.2 Å². The second kappa shape index (κ2) is 3.59. The van der Waals surface area contributed by atoms with Crippen molar-refractivity contribution >= 4 is 26.9 Å². The van der Waals surface area contributed by atoms with E-state index in [0.717, 1.165) is 10.2 Å². The van der Waals surface area contributed by atoms with Crippen molar-refractivity contribution in [2.75, 3.05) is 6.26 Å². The lowest BCUT2D eigenvalue weighted by atomic mass is 10.1. The minimum Gasteiger partial charge on any atom is -0.478 e. The zero-order chi connectivity index (χ0) is 12.8. The molecule has 0 radical (unpaired) electrons. The fraction of sp³-hybridized carbons (Fsp3) is 0.182. The molecule has 0 saturated heterocycles. The monoisotopic (exact) mass is 253 g/mol. The molecule has 2 aromatic rings. The van der Waals surface area contributed by atoms with Gasteiger partial charge in [-0.05, 0) is 13.0 Å². The first-order chi connectivity index (χ1) is 7.84. The van der Waals surface area contributed by atoms with Crippen LogP contribution in [0.3, 0.4) is 0 Å². The second-order valence-electron chi connectivity index (χ2n) is 3.81. The van der Waals surface area contributed by atoms with Crippen LogP contribution in [0.15, 0.2) is 24.3 Å². The Hall–Kier alpha value is -1.82. The lowest BCUT2D eigenvalue weighted by Gasteiger charge is -2.04. The topological polar surface area (TPSA) is 76.4 Å². The van der Waals surface area contributed by atoms with Gasteiger partial charge in [0.25, 0.3) is 0 Å². The normalized spacial score (nSPS) is 11.9. The molecular weight excluding hydrogens is 242 g/mol. The van der Waals surface area contributed by atoms with Gasteiger partial charge in [0.05, 0.1) is 17.3 Å². The highest BCUT2D eigenvalue weighted by Gasteiger charge is 2.23. The standard InChI is InChI=1S/C11H11NO4S/c1-7-10(11(13)14)8-5-3-4-6-9(8)12(7)17(2,15)16/h3-6H,1-2H3,(H,13,14). The van der Waals surface area contributed by atoms with Gasteiger partial charge in [-0.1, -0.05) is 18.2 Å². The van der Waals surface area contributed by atoms with Crippen LogP contribution < -0.4 is 0 Å². The summed E-state index contributed by atoms with van der Waals surface area (Å²) >= 11 is 0. The van der Waals surface area contributed by atoms with Crippen LogP contribution in [-0.4, -0.2) is 29.7 Å². The van der Waals surface area contributed by atoms with Crippen LogP contribution in [0.5, 0.6) is 0 Å². The maximum atomic E-state index is 11.7. The van der Waals surface area contributed by atoms with Gasteiger partial charge in [0.2, 0.25) is 10.0 Å². The van der Waals surface area contributed by atoms with Crippen molar-refractivity contribution in [3.8, 4) is 0 Å². The average Bonchev–Trinajstić information content (AvgIpc) is 2.48. The number of rotatable bonds is 2. The number of benzene rings is 1. The molecule has 5 nitrogen and oxygen atoms in total. The van der Waals surface area contributed by atoms with Gasteiger partial charge in [-0.2, -0.15) is 0 Å². The molecule has 90 valence electrons. The maximum absolute atomic E-state index is 11.7. The van der Waals surface area contributed by atoms with Gasteiger partial charge in [-0.3, -0.25) is 0 Å². The molecule has 0 fully saturated rings. The molecule has 1 heterocycles. The second-order valence-corrected chi connectivity index (χ2v) is 5.64. The molecule has 2 rings (SSSR count). The Morgan fingerprint density at radius 3 is 2.41 bits per heavy atom. The van der Waals surface area contributed by atoms with Crippen LogP contribution in [0.1, 0.15) is 16.1 Å². The molecule has 0 spiro atoms. The van der Waals surface area contributed by atoms with Crippen molar-refractivity contribution in [1.29, 1.82) is 0 Å². The molecule has 1 N–H and O–H groups in total. The molecule has 0 bridgehead atoms. The molecule has 1 aromatic carbocycles. The molecule has 0 aliphatic rings. The predicted molar refractivity (Wildman–Crippen MR) is 63.9 cm³/mol. The number of carboxylic acid groups (broad SMARTS) is 1. The lowest BCUT2D eigenvalue weighted by Crippen LogP contribution is -2.12. The largest absolute Gasteiger partial charge is 0.478 e. The van der Waals surface area contributed by atoms with E-state index in [-0.39, 0.29) is 11.3 Å². The van der Waals surface area contributed by atoms with Crippen LogP contribution in [0.4, 0.5) is 0 Å². The molecule has 1 aromatic heterocycles. The van der Waals surface area contributed by atoms with E-state index < -0.39 is 16.0 Å². The summed E-state index contributed by atoms with van der Waals surface area (Å²) in [4.78, 5) is 11.2. The Morgan fingerprint density at radius 2 is 1.88 bits per heavy atom. The number of aromatic carboxylic acids is 1. The summed E-state index contributed by atoms with van der Waals surface area (Å²) in [5, 5.41) is 9.57. The Labute approximate surface area is 98.3 Å². The zero-order valence-electron chi connectivity index (χ0n) is 9.34. The van der Waals surface area contributed by atoms with E-state index in [1.54, 1.807) is 24.3 Å². The molecule has 17 heavy (non-hydrogen) atoms. The number of nitrogens with zero attached hydrogens (tertiary/aromatic N) is 1. The summed E-state index contributed by atoms with van der Waals surface area (Å²) in [6.07, 6.45) is 1.05. The molecular formula is C11H11NO4S. The van der Waals surface area contributed by atoms with Crippen LogP contribution in [-0.2, 0) is 10.0 Å². The van der Waals surface area contributed by atoms with E-state index >= 15 is 0 Å². The van der Waals surface area contributed by atoms with Crippen LogP contribution in [0.2, 0.25) is 0 Å². The summed E-state index contributed by atoms with van der Waals surface area (Å²) in [5.74, 6) is -1.12. The molecule has 0 amide bonds. The highest BCUT2D eigenvalue weighted by atomic mass is 32.2. The lowest BCUT2D eigenvalue weighted by molar-refractivity contribution is 0.0698. The van der Waals surface area contributed by atoms with E-state index in [0.29, 0.717) is 10.9 Å². The first-order valence-electron chi connectivity index (χ1n) is 4.88. The summed E-state index contributed by atoms with van der Waals surface area (Å²) in [6, 6.07) is 6.55. The third-order valence-corrected chi connectivity index (χ3v) is 3.74. The molecule has 0 atom stereocenters. The third-order valence-electron chi connectivity index (χ3n) is 2.60. The fourth-order valence-electron chi connectivity index (χ4n) is 2.04. The van der Waals surface area contributed by atoms with Gasteiger partial charge in [-0.25, -0.2) is 17.2 Å². The first-order valence-corrected chi connectivity index (χ1v) is 6.72. The average molecular weight is 253 g/mol. The highest BCUT2D eigenvalue weighted by molar-refractivity contribution is 7.89. The molecule has 0 aliphatic carbocycles. The van der Waals surface area contributed by atoms with E-state index in [1.807, 2.05) is 0 Å². The third kappa shape index (κ3) is 1.70. The van der Waals surface area contributed by atoms with Crippen molar-refractivity contribution in [2.24, 2.45) is 0 Å². The first kappa shape index (κ1) is 11.7. The predicted octanol–water partition coefficient (Wildman–Crippen LogP) is 1.46. The van der Waals surface area contributed by atoms with Gasteiger partial charge < -0.3 is 5.11 Å². The molecule has 0 unspecified atom stereocenters. The van der Waals surface area contributed by atoms with Gasteiger partial charge in [0.1, 0.15) is 0 Å². The minimum atomic E-state index is -3.52. The highest BCUT2D eigenvalue weighted by Crippen LogP contribution is 2.26.